The van der Waals surface area contributed by atoms with Gasteiger partial charge in [0.15, 0.2) is 0 Å². The number of anilines is 5. The Balaban J connectivity index is 1.44. The van der Waals surface area contributed by atoms with E-state index < -0.39 is 10.0 Å². The molecule has 0 fully saturated rings. The quantitative estimate of drug-likeness (QED) is 0.333. The molecule has 0 saturated carbocycles. The van der Waals surface area contributed by atoms with Crippen molar-refractivity contribution in [2.24, 2.45) is 0 Å². The number of pyridine rings is 1. The van der Waals surface area contributed by atoms with Crippen molar-refractivity contribution < 1.29 is 8.42 Å². The molecule has 0 unspecified atom stereocenters. The summed E-state index contributed by atoms with van der Waals surface area (Å²) in [7, 11) is -3.70. The molecule has 4 rings (SSSR count). The van der Waals surface area contributed by atoms with Gasteiger partial charge in [-0.25, -0.2) is 23.4 Å². The molecule has 10 heteroatoms. The third kappa shape index (κ3) is 5.36. The van der Waals surface area contributed by atoms with Crippen LogP contribution in [0.25, 0.3) is 0 Å². The molecule has 156 valence electrons. The third-order valence-corrected chi connectivity index (χ3v) is 6.52. The lowest BCUT2D eigenvalue weighted by molar-refractivity contribution is 0.601. The molecule has 0 atom stereocenters. The summed E-state index contributed by atoms with van der Waals surface area (Å²) in [5.74, 6) is 1.85. The predicted octanol–water partition coefficient (Wildman–Crippen LogP) is 4.92. The largest absolute Gasteiger partial charge is 0.340 e. The molecular weight excluding hydrogens is 480 g/mol. The van der Waals surface area contributed by atoms with Gasteiger partial charge in [0, 0.05) is 28.1 Å². The van der Waals surface area contributed by atoms with E-state index in [9.17, 15) is 8.42 Å². The molecule has 0 bridgehead atoms. The van der Waals surface area contributed by atoms with Gasteiger partial charge in [-0.2, -0.15) is 0 Å². The van der Waals surface area contributed by atoms with Crippen molar-refractivity contribution in [3.63, 3.8) is 0 Å². The molecule has 0 radical (unpaired) electrons. The van der Waals surface area contributed by atoms with E-state index in [1.807, 2.05) is 18.2 Å². The van der Waals surface area contributed by atoms with E-state index in [2.05, 4.69) is 46.2 Å². The maximum atomic E-state index is 12.6. The number of hydrogen-bond acceptors (Lipinski definition) is 7. The molecule has 2 aromatic carbocycles. The summed E-state index contributed by atoms with van der Waals surface area (Å²) < 4.78 is 28.3. The van der Waals surface area contributed by atoms with Gasteiger partial charge in [0.25, 0.3) is 10.0 Å². The maximum absolute atomic E-state index is 12.6. The van der Waals surface area contributed by atoms with Gasteiger partial charge in [-0.1, -0.05) is 18.2 Å². The number of nitrogens with one attached hydrogen (secondary N) is 3. The molecule has 31 heavy (non-hydrogen) atoms. The summed E-state index contributed by atoms with van der Waals surface area (Å²) in [6.45, 7) is 0. The molecule has 0 saturated heterocycles. The van der Waals surface area contributed by atoms with Crippen LogP contribution in [0.2, 0.25) is 0 Å². The summed E-state index contributed by atoms with van der Waals surface area (Å²) in [5, 5.41) is 6.27. The number of rotatable bonds is 7. The highest BCUT2D eigenvalue weighted by Gasteiger charge is 2.17. The fourth-order valence-electron chi connectivity index (χ4n) is 2.70. The smallest absolute Gasteiger partial charge is 0.263 e. The van der Waals surface area contributed by atoms with Gasteiger partial charge in [-0.15, -0.1) is 0 Å². The fourth-order valence-corrected chi connectivity index (χ4v) is 4.77. The van der Waals surface area contributed by atoms with E-state index in [1.165, 1.54) is 12.4 Å². The summed E-state index contributed by atoms with van der Waals surface area (Å²) in [5.41, 5.74) is 1.19. The minimum atomic E-state index is -3.70. The van der Waals surface area contributed by atoms with Crippen LogP contribution < -0.4 is 15.4 Å². The van der Waals surface area contributed by atoms with Gasteiger partial charge in [0.2, 0.25) is 0 Å². The summed E-state index contributed by atoms with van der Waals surface area (Å²) >= 11 is 3.27. The highest BCUT2D eigenvalue weighted by molar-refractivity contribution is 9.10. The molecule has 8 nitrogen and oxygen atoms in total. The molecule has 0 spiro atoms. The van der Waals surface area contributed by atoms with Crippen LogP contribution in [-0.4, -0.2) is 23.4 Å². The fraction of sp³-hybridized carbons (Fsp3) is 0. The second kappa shape index (κ2) is 9.11. The highest BCUT2D eigenvalue weighted by Crippen LogP contribution is 2.25. The van der Waals surface area contributed by atoms with Crippen molar-refractivity contribution >= 4 is 54.8 Å². The van der Waals surface area contributed by atoms with Crippen molar-refractivity contribution in [1.29, 1.82) is 0 Å². The third-order valence-electron chi connectivity index (χ3n) is 4.12. The maximum Gasteiger partial charge on any atom is 0.263 e. The van der Waals surface area contributed by atoms with Crippen LogP contribution in [0, 0.1) is 0 Å². The SMILES string of the molecule is O=S(=O)(Nc1ccc(Nc2cc(Nc3ccccn3)ncn2)cc1)c1ccccc1Br. The lowest BCUT2D eigenvalue weighted by Crippen LogP contribution is -2.13. The van der Waals surface area contributed by atoms with Crippen molar-refractivity contribution in [1.82, 2.24) is 15.0 Å². The average Bonchev–Trinajstić information content (AvgIpc) is 2.76. The Kier molecular flexibility index (Phi) is 6.10. The molecule has 2 heterocycles. The van der Waals surface area contributed by atoms with E-state index in [-0.39, 0.29) is 4.90 Å². The molecule has 0 amide bonds. The van der Waals surface area contributed by atoms with Crippen molar-refractivity contribution in [2.75, 3.05) is 15.4 Å². The van der Waals surface area contributed by atoms with Gasteiger partial charge < -0.3 is 10.6 Å². The number of hydrogen-bond donors (Lipinski definition) is 3. The molecular formula is C21H17BrN6O2S. The van der Waals surface area contributed by atoms with Crippen LogP contribution in [0.1, 0.15) is 0 Å². The Morgan fingerprint density at radius 3 is 2.10 bits per heavy atom. The van der Waals surface area contributed by atoms with E-state index in [4.69, 9.17) is 0 Å². The minimum Gasteiger partial charge on any atom is -0.340 e. The Labute approximate surface area is 188 Å². The number of nitrogens with zero attached hydrogens (tertiary/aromatic N) is 3. The first kappa shape index (κ1) is 20.8. The first-order valence-corrected chi connectivity index (χ1v) is 11.4. The van der Waals surface area contributed by atoms with Gasteiger partial charge in [0.1, 0.15) is 28.7 Å². The van der Waals surface area contributed by atoms with Crippen molar-refractivity contribution in [3.8, 4) is 0 Å². The molecule has 3 N–H and O–H groups in total. The average molecular weight is 497 g/mol. The molecule has 4 aromatic rings. The van der Waals surface area contributed by atoms with E-state index in [0.717, 1.165) is 5.69 Å². The second-order valence-corrected chi connectivity index (χ2v) is 8.87. The zero-order valence-corrected chi connectivity index (χ0v) is 18.4. The summed E-state index contributed by atoms with van der Waals surface area (Å²) in [6, 6.07) is 20.8. The predicted molar refractivity (Wildman–Crippen MR) is 124 cm³/mol. The molecule has 0 aliphatic heterocycles. The Hall–Kier alpha value is -3.50. The summed E-state index contributed by atoms with van der Waals surface area (Å²) in [6.07, 6.45) is 3.13. The standard InChI is InChI=1S/C21H17BrN6O2S/c22-17-5-1-2-6-18(17)31(29,30)28-16-10-8-15(9-11-16)26-20-13-21(25-14-24-20)27-19-7-3-4-12-23-19/h1-14,28H,(H2,23,24,25,26,27). The van der Waals surface area contributed by atoms with Gasteiger partial charge in [-0.05, 0) is 64.5 Å². The van der Waals surface area contributed by atoms with Gasteiger partial charge in [-0.3, -0.25) is 4.72 Å². The zero-order valence-electron chi connectivity index (χ0n) is 16.0. The zero-order chi connectivity index (χ0) is 21.7. The Bertz CT molecular complexity index is 1280. The van der Waals surface area contributed by atoms with Crippen LogP contribution in [0.3, 0.4) is 0 Å². The van der Waals surface area contributed by atoms with Crippen LogP contribution in [0.4, 0.5) is 28.8 Å². The van der Waals surface area contributed by atoms with Crippen LogP contribution >= 0.6 is 15.9 Å². The Morgan fingerprint density at radius 2 is 1.39 bits per heavy atom. The Morgan fingerprint density at radius 1 is 0.710 bits per heavy atom. The van der Waals surface area contributed by atoms with E-state index in [1.54, 1.807) is 54.7 Å². The lowest BCUT2D eigenvalue weighted by Gasteiger charge is -2.11. The van der Waals surface area contributed by atoms with Crippen LogP contribution in [-0.2, 0) is 10.0 Å². The number of sulfonamides is 1. The van der Waals surface area contributed by atoms with Crippen molar-refractivity contribution in [2.45, 2.75) is 4.90 Å². The molecule has 0 aliphatic rings. The second-order valence-electron chi connectivity index (χ2n) is 6.37. The van der Waals surface area contributed by atoms with Gasteiger partial charge in [0.05, 0.1) is 0 Å². The lowest BCUT2D eigenvalue weighted by atomic mass is 10.3. The topological polar surface area (TPSA) is 109 Å². The highest BCUT2D eigenvalue weighted by atomic mass is 79.9. The van der Waals surface area contributed by atoms with Crippen LogP contribution in [0.5, 0.6) is 0 Å². The van der Waals surface area contributed by atoms with Crippen molar-refractivity contribution in [3.05, 3.63) is 89.8 Å². The van der Waals surface area contributed by atoms with E-state index in [0.29, 0.717) is 27.6 Å². The van der Waals surface area contributed by atoms with E-state index >= 15 is 0 Å². The van der Waals surface area contributed by atoms with Gasteiger partial charge >= 0.3 is 0 Å². The minimum absolute atomic E-state index is 0.172. The monoisotopic (exact) mass is 496 g/mol. The van der Waals surface area contributed by atoms with Crippen LogP contribution in [0.15, 0.2) is 94.7 Å². The molecule has 2 aromatic heterocycles. The number of halogens is 1. The number of benzene rings is 2. The normalized spacial score (nSPS) is 11.0. The first-order valence-electron chi connectivity index (χ1n) is 9.14. The first-order chi connectivity index (χ1) is 15.0. The summed E-state index contributed by atoms with van der Waals surface area (Å²) in [4.78, 5) is 12.8. The molecule has 0 aliphatic carbocycles. The number of aromatic nitrogens is 3.